The Kier molecular flexibility index (Phi) is 18.2. The third-order valence-electron chi connectivity index (χ3n) is 4.23. The molecular weight excluding hydrogens is 396 g/mol. The van der Waals surface area contributed by atoms with E-state index in [9.17, 15) is 0 Å². The van der Waals surface area contributed by atoms with E-state index in [0.29, 0.717) is 13.2 Å². The fourth-order valence-corrected chi connectivity index (χ4v) is 2.66. The molecule has 0 aliphatic heterocycles. The van der Waals surface area contributed by atoms with Crippen molar-refractivity contribution >= 4 is 0 Å². The Morgan fingerprint density at radius 2 is 1.21 bits per heavy atom. The predicted octanol–water partition coefficient (Wildman–Crippen LogP) is 4.98. The SMILES string of the molecule is C[c-]1ccc(OCCCCCCO)c1OCCCCCCO.[Fe].[cH-]1[cH-][cH-][cH-][cH-]1. The molecule has 0 aliphatic carbocycles. The van der Waals surface area contributed by atoms with E-state index in [-0.39, 0.29) is 30.3 Å². The average molecular weight is 432 g/mol. The zero-order valence-corrected chi connectivity index (χ0v) is 18.2. The normalized spacial score (nSPS) is 9.96. The maximum absolute atomic E-state index is 8.74. The third-order valence-corrected chi connectivity index (χ3v) is 4.23. The Morgan fingerprint density at radius 1 is 0.750 bits per heavy atom. The second-order valence-electron chi connectivity index (χ2n) is 6.64. The molecule has 2 aromatic carbocycles. The first-order chi connectivity index (χ1) is 13.3. The van der Waals surface area contributed by atoms with Crippen molar-refractivity contribution in [2.45, 2.75) is 58.3 Å². The first kappa shape index (κ1) is 26.7. The molecule has 2 N–H and O–H groups in total. The van der Waals surface area contributed by atoms with Gasteiger partial charge in [0.1, 0.15) is 0 Å². The van der Waals surface area contributed by atoms with Crippen LogP contribution in [-0.2, 0) is 17.1 Å². The molecule has 0 bridgehead atoms. The second kappa shape index (κ2) is 19.1. The first-order valence-corrected chi connectivity index (χ1v) is 10.2. The van der Waals surface area contributed by atoms with Gasteiger partial charge in [0.25, 0.3) is 0 Å². The molecule has 5 heteroatoms. The molecular formula is C23H36FeO4-6. The number of aliphatic hydroxyl groups excluding tert-OH is 2. The maximum Gasteiger partial charge on any atom is 0.0852 e. The van der Waals surface area contributed by atoms with Crippen molar-refractivity contribution in [1.29, 1.82) is 0 Å². The number of hydrogen-bond donors (Lipinski definition) is 2. The van der Waals surface area contributed by atoms with Gasteiger partial charge in [0.05, 0.1) is 13.2 Å². The Hall–Kier alpha value is -1.26. The molecule has 0 unspecified atom stereocenters. The van der Waals surface area contributed by atoms with Gasteiger partial charge < -0.3 is 50.0 Å². The minimum Gasteiger partial charge on any atom is -0.748 e. The van der Waals surface area contributed by atoms with Crippen LogP contribution in [0.4, 0.5) is 0 Å². The van der Waals surface area contributed by atoms with Crippen LogP contribution in [0, 0.1) is 6.92 Å². The summed E-state index contributed by atoms with van der Waals surface area (Å²) in [5.74, 6) is 1.72. The Balaban J connectivity index is 0.00000105. The monoisotopic (exact) mass is 432 g/mol. The fraction of sp³-hybridized carbons (Fsp3) is 0.565. The van der Waals surface area contributed by atoms with Crippen LogP contribution in [-0.4, -0.2) is 36.6 Å². The van der Waals surface area contributed by atoms with Gasteiger partial charge in [0, 0.05) is 41.8 Å². The summed E-state index contributed by atoms with van der Waals surface area (Å²) in [6.07, 6.45) is 8.03. The van der Waals surface area contributed by atoms with Crippen molar-refractivity contribution in [3.05, 3.63) is 48.0 Å². The van der Waals surface area contributed by atoms with Crippen LogP contribution in [0.25, 0.3) is 0 Å². The van der Waals surface area contributed by atoms with Gasteiger partial charge >= 0.3 is 0 Å². The van der Waals surface area contributed by atoms with Crippen LogP contribution < -0.4 is 9.47 Å². The Bertz CT molecular complexity index is 520. The molecule has 0 aromatic heterocycles. The fourth-order valence-electron chi connectivity index (χ4n) is 2.66. The van der Waals surface area contributed by atoms with Crippen LogP contribution in [0.15, 0.2) is 42.5 Å². The number of hydrogen-bond acceptors (Lipinski definition) is 4. The van der Waals surface area contributed by atoms with Gasteiger partial charge in [-0.2, -0.15) is 12.1 Å². The summed E-state index contributed by atoms with van der Waals surface area (Å²) in [5, 5.41) is 17.5. The summed E-state index contributed by atoms with van der Waals surface area (Å²) < 4.78 is 11.7. The first-order valence-electron chi connectivity index (χ1n) is 10.2. The van der Waals surface area contributed by atoms with E-state index in [0.717, 1.165) is 68.4 Å². The van der Waals surface area contributed by atoms with Gasteiger partial charge in [0.15, 0.2) is 0 Å². The standard InChI is InChI=1S/C18H31O4.C5H5.Fe/c1-16-10-11-17(21-14-8-4-2-6-12-19)18(16)22-15-9-5-3-7-13-20;1-2-4-5-3-1;/h10-11,19-20H,2-9,12-15H2,1H3;1-5H;/q-1;-5;. The summed E-state index contributed by atoms with van der Waals surface area (Å²) in [6.45, 7) is 3.98. The predicted molar refractivity (Wildman–Crippen MR) is 111 cm³/mol. The number of aliphatic hydroxyl groups is 2. The molecule has 0 radical (unpaired) electrons. The topological polar surface area (TPSA) is 58.9 Å². The molecule has 0 saturated heterocycles. The van der Waals surface area contributed by atoms with Gasteiger partial charge in [-0.05, 0) is 32.1 Å². The molecule has 0 heterocycles. The third kappa shape index (κ3) is 13.0. The molecule has 0 amide bonds. The van der Waals surface area contributed by atoms with E-state index in [4.69, 9.17) is 19.7 Å². The summed E-state index contributed by atoms with van der Waals surface area (Å²) >= 11 is 0. The van der Waals surface area contributed by atoms with Gasteiger partial charge in [-0.1, -0.05) is 26.2 Å². The number of rotatable bonds is 14. The van der Waals surface area contributed by atoms with Gasteiger partial charge in [-0.25, -0.2) is 0 Å². The van der Waals surface area contributed by atoms with Gasteiger partial charge in [-0.15, -0.1) is 5.56 Å². The van der Waals surface area contributed by atoms with E-state index < -0.39 is 0 Å². The van der Waals surface area contributed by atoms with Crippen LogP contribution in [0.1, 0.15) is 56.9 Å². The number of ether oxygens (including phenoxy) is 2. The van der Waals surface area contributed by atoms with Crippen LogP contribution in [0.5, 0.6) is 11.5 Å². The van der Waals surface area contributed by atoms with E-state index in [2.05, 4.69) is 0 Å². The van der Waals surface area contributed by atoms with E-state index >= 15 is 0 Å². The molecule has 0 atom stereocenters. The van der Waals surface area contributed by atoms with E-state index in [1.54, 1.807) is 0 Å². The molecule has 0 fully saturated rings. The molecule has 0 aliphatic rings. The second-order valence-corrected chi connectivity index (χ2v) is 6.64. The van der Waals surface area contributed by atoms with Crippen LogP contribution in [0.3, 0.4) is 0 Å². The largest absolute Gasteiger partial charge is 0.748 e. The average Bonchev–Trinajstić information content (AvgIpc) is 3.36. The summed E-state index contributed by atoms with van der Waals surface area (Å²) in [4.78, 5) is 0. The van der Waals surface area contributed by atoms with Crippen molar-refractivity contribution in [2.75, 3.05) is 26.4 Å². The van der Waals surface area contributed by atoms with E-state index in [1.165, 1.54) is 0 Å². The molecule has 166 valence electrons. The molecule has 0 spiro atoms. The van der Waals surface area contributed by atoms with Crippen LogP contribution >= 0.6 is 0 Å². The summed E-state index contributed by atoms with van der Waals surface area (Å²) in [5.41, 5.74) is 1.12. The molecule has 0 saturated carbocycles. The summed E-state index contributed by atoms with van der Waals surface area (Å²) in [7, 11) is 0. The summed E-state index contributed by atoms with van der Waals surface area (Å²) in [6, 6.07) is 14.0. The minimum absolute atomic E-state index is 0. The van der Waals surface area contributed by atoms with Crippen molar-refractivity contribution in [3.63, 3.8) is 0 Å². The quantitative estimate of drug-likeness (QED) is 0.251. The van der Waals surface area contributed by atoms with E-state index in [1.807, 2.05) is 49.4 Å². The molecule has 28 heavy (non-hydrogen) atoms. The zero-order chi connectivity index (χ0) is 19.6. The maximum atomic E-state index is 8.74. The van der Waals surface area contributed by atoms with Gasteiger partial charge in [-0.3, -0.25) is 0 Å². The van der Waals surface area contributed by atoms with Crippen molar-refractivity contribution < 1.29 is 36.8 Å². The number of unbranched alkanes of at least 4 members (excludes halogenated alkanes) is 6. The van der Waals surface area contributed by atoms with Gasteiger partial charge in [0.2, 0.25) is 0 Å². The molecule has 4 nitrogen and oxygen atoms in total. The zero-order valence-electron chi connectivity index (χ0n) is 17.1. The molecule has 2 aromatic rings. The molecule has 2 rings (SSSR count). The smallest absolute Gasteiger partial charge is 0.0852 e. The van der Waals surface area contributed by atoms with Crippen molar-refractivity contribution in [1.82, 2.24) is 0 Å². The number of aryl methyl sites for hydroxylation is 1. The Morgan fingerprint density at radius 3 is 1.71 bits per heavy atom. The van der Waals surface area contributed by atoms with Crippen molar-refractivity contribution in [3.8, 4) is 11.5 Å². The van der Waals surface area contributed by atoms with Crippen molar-refractivity contribution in [2.24, 2.45) is 0 Å². The minimum atomic E-state index is 0. The van der Waals surface area contributed by atoms with Crippen LogP contribution in [0.2, 0.25) is 0 Å². The Labute approximate surface area is 181 Å².